The molecule has 1 atom stereocenters. The number of thioether (sulfide) groups is 1. The lowest BCUT2D eigenvalue weighted by Gasteiger charge is -2.21. The number of carbonyl (C=O) groups is 1. The number of amides is 1. The van der Waals surface area contributed by atoms with E-state index in [9.17, 15) is 10.1 Å². The van der Waals surface area contributed by atoms with Crippen LogP contribution in [0.2, 0.25) is 5.02 Å². The fourth-order valence-corrected chi connectivity index (χ4v) is 3.40. The third-order valence-corrected chi connectivity index (χ3v) is 4.79. The molecule has 1 aromatic carbocycles. The standard InChI is InChI=1S/C14H15ClN2O2S/c1-10-11(15)3-2-4-12(10)19-7-13(18)17-14(8-16)5-6-20-9-14/h2-4H,5-7,9H2,1H3,(H,17,18)/t14-/m0/s1. The molecule has 0 saturated carbocycles. The maximum atomic E-state index is 11.9. The lowest BCUT2D eigenvalue weighted by Crippen LogP contribution is -2.49. The summed E-state index contributed by atoms with van der Waals surface area (Å²) in [5, 5.41) is 12.6. The first-order valence-electron chi connectivity index (χ1n) is 6.24. The van der Waals surface area contributed by atoms with E-state index in [1.807, 2.05) is 6.92 Å². The molecular weight excluding hydrogens is 296 g/mol. The van der Waals surface area contributed by atoms with Crippen molar-refractivity contribution in [1.29, 1.82) is 5.26 Å². The SMILES string of the molecule is Cc1c(Cl)cccc1OCC(=O)N[C@]1(C#N)CCSC1. The zero-order valence-electron chi connectivity index (χ0n) is 11.1. The summed E-state index contributed by atoms with van der Waals surface area (Å²) in [7, 11) is 0. The number of benzene rings is 1. The van der Waals surface area contributed by atoms with Crippen molar-refractivity contribution < 1.29 is 9.53 Å². The first-order chi connectivity index (χ1) is 9.56. The van der Waals surface area contributed by atoms with Crippen LogP contribution < -0.4 is 10.1 Å². The predicted molar refractivity (Wildman–Crippen MR) is 80.1 cm³/mol. The Morgan fingerprint density at radius 2 is 2.45 bits per heavy atom. The van der Waals surface area contributed by atoms with Crippen molar-refractivity contribution in [3.63, 3.8) is 0 Å². The number of nitriles is 1. The molecule has 0 aromatic heterocycles. The highest BCUT2D eigenvalue weighted by atomic mass is 35.5. The summed E-state index contributed by atoms with van der Waals surface area (Å²) in [6, 6.07) is 7.50. The fourth-order valence-electron chi connectivity index (χ4n) is 1.97. The van der Waals surface area contributed by atoms with Gasteiger partial charge in [0, 0.05) is 16.3 Å². The molecule has 2 rings (SSSR count). The number of nitrogens with zero attached hydrogens (tertiary/aromatic N) is 1. The van der Waals surface area contributed by atoms with Gasteiger partial charge in [-0.3, -0.25) is 4.79 Å². The summed E-state index contributed by atoms with van der Waals surface area (Å²) in [5.74, 6) is 1.82. The van der Waals surface area contributed by atoms with Crippen molar-refractivity contribution in [1.82, 2.24) is 5.32 Å². The molecule has 20 heavy (non-hydrogen) atoms. The monoisotopic (exact) mass is 310 g/mol. The molecule has 0 aliphatic carbocycles. The minimum absolute atomic E-state index is 0.116. The molecule has 106 valence electrons. The molecule has 0 unspecified atom stereocenters. The molecule has 6 heteroatoms. The van der Waals surface area contributed by atoms with Crippen LogP contribution in [0.1, 0.15) is 12.0 Å². The van der Waals surface area contributed by atoms with Crippen molar-refractivity contribution in [2.45, 2.75) is 18.9 Å². The number of hydrogen-bond acceptors (Lipinski definition) is 4. The molecule has 1 fully saturated rings. The Balaban J connectivity index is 1.93. The summed E-state index contributed by atoms with van der Waals surface area (Å²) < 4.78 is 5.47. The largest absolute Gasteiger partial charge is 0.483 e. The van der Waals surface area contributed by atoms with Gasteiger partial charge in [0.2, 0.25) is 0 Å². The van der Waals surface area contributed by atoms with Crippen LogP contribution in [0.3, 0.4) is 0 Å². The Morgan fingerprint density at radius 1 is 1.65 bits per heavy atom. The normalized spacial score (nSPS) is 21.2. The molecule has 1 heterocycles. The number of carbonyl (C=O) groups excluding carboxylic acids is 1. The molecule has 1 N–H and O–H groups in total. The van der Waals surface area contributed by atoms with Gasteiger partial charge in [-0.15, -0.1) is 0 Å². The summed E-state index contributed by atoms with van der Waals surface area (Å²) in [5.41, 5.74) is 0.0579. The van der Waals surface area contributed by atoms with E-state index in [-0.39, 0.29) is 12.5 Å². The van der Waals surface area contributed by atoms with E-state index >= 15 is 0 Å². The highest BCUT2D eigenvalue weighted by Crippen LogP contribution is 2.27. The van der Waals surface area contributed by atoms with E-state index in [1.54, 1.807) is 30.0 Å². The van der Waals surface area contributed by atoms with E-state index in [0.29, 0.717) is 22.9 Å². The van der Waals surface area contributed by atoms with Gasteiger partial charge in [0.15, 0.2) is 6.61 Å². The molecule has 1 aliphatic heterocycles. The van der Waals surface area contributed by atoms with Crippen molar-refractivity contribution in [2.75, 3.05) is 18.1 Å². The van der Waals surface area contributed by atoms with Crippen molar-refractivity contribution in [3.8, 4) is 11.8 Å². The third kappa shape index (κ3) is 3.38. The Hall–Kier alpha value is -1.38. The van der Waals surface area contributed by atoms with E-state index in [0.717, 1.165) is 11.3 Å². The van der Waals surface area contributed by atoms with E-state index in [2.05, 4.69) is 11.4 Å². The summed E-state index contributed by atoms with van der Waals surface area (Å²) in [6.07, 6.45) is 0.677. The number of rotatable bonds is 4. The highest BCUT2D eigenvalue weighted by molar-refractivity contribution is 7.99. The summed E-state index contributed by atoms with van der Waals surface area (Å²) in [6.45, 7) is 1.72. The van der Waals surface area contributed by atoms with Crippen molar-refractivity contribution in [2.24, 2.45) is 0 Å². The van der Waals surface area contributed by atoms with Gasteiger partial charge in [0.1, 0.15) is 11.3 Å². The van der Waals surface area contributed by atoms with E-state index < -0.39 is 5.54 Å². The average Bonchev–Trinajstić information content (AvgIpc) is 2.89. The second-order valence-electron chi connectivity index (χ2n) is 4.70. The smallest absolute Gasteiger partial charge is 0.259 e. The lowest BCUT2D eigenvalue weighted by atomic mass is 10.0. The minimum atomic E-state index is -0.742. The van der Waals surface area contributed by atoms with Gasteiger partial charge in [-0.05, 0) is 31.2 Å². The number of hydrogen-bond donors (Lipinski definition) is 1. The average molecular weight is 311 g/mol. The number of nitrogens with one attached hydrogen (secondary N) is 1. The Morgan fingerprint density at radius 3 is 3.10 bits per heavy atom. The zero-order chi connectivity index (χ0) is 14.6. The van der Waals surface area contributed by atoms with E-state index in [1.165, 1.54) is 0 Å². The Labute approximate surface area is 127 Å². The third-order valence-electron chi connectivity index (χ3n) is 3.19. The van der Waals surface area contributed by atoms with Crippen LogP contribution >= 0.6 is 23.4 Å². The Bertz CT molecular complexity index is 551. The van der Waals surface area contributed by atoms with Gasteiger partial charge in [-0.2, -0.15) is 17.0 Å². The number of ether oxygens (including phenoxy) is 1. The molecule has 0 radical (unpaired) electrons. The molecule has 0 bridgehead atoms. The summed E-state index contributed by atoms with van der Waals surface area (Å²) in [4.78, 5) is 11.9. The molecule has 0 spiro atoms. The van der Waals surface area contributed by atoms with E-state index in [4.69, 9.17) is 16.3 Å². The molecule has 1 aromatic rings. The first-order valence-corrected chi connectivity index (χ1v) is 7.77. The zero-order valence-corrected chi connectivity index (χ0v) is 12.7. The van der Waals surface area contributed by atoms with Crippen LogP contribution in [0.15, 0.2) is 18.2 Å². The van der Waals surface area contributed by atoms with Crippen molar-refractivity contribution in [3.05, 3.63) is 28.8 Å². The van der Waals surface area contributed by atoms with Crippen LogP contribution in [-0.2, 0) is 4.79 Å². The molecule has 1 saturated heterocycles. The number of halogens is 1. The Kier molecular flexibility index (Phi) is 4.79. The van der Waals surface area contributed by atoms with Gasteiger partial charge in [-0.1, -0.05) is 17.7 Å². The second kappa shape index (κ2) is 6.38. The maximum Gasteiger partial charge on any atom is 0.259 e. The first kappa shape index (κ1) is 15.0. The van der Waals surface area contributed by atoms with Crippen LogP contribution in [0.4, 0.5) is 0 Å². The van der Waals surface area contributed by atoms with Crippen LogP contribution in [0, 0.1) is 18.3 Å². The lowest BCUT2D eigenvalue weighted by molar-refractivity contribution is -0.124. The second-order valence-corrected chi connectivity index (χ2v) is 6.21. The molecule has 1 amide bonds. The van der Waals surface area contributed by atoms with Crippen LogP contribution in [0.25, 0.3) is 0 Å². The molecule has 4 nitrogen and oxygen atoms in total. The van der Waals surface area contributed by atoms with Crippen molar-refractivity contribution >= 4 is 29.3 Å². The topological polar surface area (TPSA) is 62.1 Å². The van der Waals surface area contributed by atoms with Crippen LogP contribution in [0.5, 0.6) is 5.75 Å². The van der Waals surface area contributed by atoms with Gasteiger partial charge in [0.25, 0.3) is 5.91 Å². The minimum Gasteiger partial charge on any atom is -0.483 e. The maximum absolute atomic E-state index is 11.9. The predicted octanol–water partition coefficient (Wildman–Crippen LogP) is 2.54. The van der Waals surface area contributed by atoms with Gasteiger partial charge in [-0.25, -0.2) is 0 Å². The quantitative estimate of drug-likeness (QED) is 0.928. The van der Waals surface area contributed by atoms with Gasteiger partial charge < -0.3 is 10.1 Å². The molecular formula is C14H15ClN2O2S. The summed E-state index contributed by atoms with van der Waals surface area (Å²) >= 11 is 7.66. The van der Waals surface area contributed by atoms with Gasteiger partial charge >= 0.3 is 0 Å². The highest BCUT2D eigenvalue weighted by Gasteiger charge is 2.36. The fraction of sp³-hybridized carbons (Fsp3) is 0.429. The van der Waals surface area contributed by atoms with Crippen LogP contribution in [-0.4, -0.2) is 29.6 Å². The van der Waals surface area contributed by atoms with Gasteiger partial charge in [0.05, 0.1) is 6.07 Å². The molecule has 1 aliphatic rings.